The predicted molar refractivity (Wildman–Crippen MR) is 122 cm³/mol. The maximum atomic E-state index is 13.1. The number of ketones is 1. The predicted octanol–water partition coefficient (Wildman–Crippen LogP) is 2.01. The molecule has 0 aliphatic rings. The molecule has 36 heavy (non-hydrogen) atoms. The van der Waals surface area contributed by atoms with E-state index in [1.165, 1.54) is 12.1 Å². The number of rotatable bonds is 16. The van der Waals surface area contributed by atoms with Gasteiger partial charge in [-0.25, -0.2) is 9.18 Å². The topological polar surface area (TPSA) is 205 Å². The third-order valence-corrected chi connectivity index (χ3v) is 6.73. The van der Waals surface area contributed by atoms with Gasteiger partial charge in [0.25, 0.3) is 0 Å². The average Bonchev–Trinajstić information content (AvgIpc) is 2.77. The molecule has 0 saturated carbocycles. The van der Waals surface area contributed by atoms with Crippen LogP contribution in [0.5, 0.6) is 0 Å². The SMILES string of the molecule is CC(C)C(CC(=O)c1ccc(F)cc1)C(=O)N[C@@H](COP(=O)(O)CC(CCC(=O)O)C(=O)O)C(=O)O. The molecule has 0 spiro atoms. The lowest BCUT2D eigenvalue weighted by atomic mass is 9.88. The van der Waals surface area contributed by atoms with Crippen molar-refractivity contribution in [3.63, 3.8) is 0 Å². The Kier molecular flexibility index (Phi) is 11.8. The molecule has 4 atom stereocenters. The van der Waals surface area contributed by atoms with E-state index in [0.717, 1.165) is 12.1 Å². The van der Waals surface area contributed by atoms with Crippen LogP contribution in [0.15, 0.2) is 24.3 Å². The van der Waals surface area contributed by atoms with Crippen molar-refractivity contribution >= 4 is 37.2 Å². The van der Waals surface area contributed by atoms with Crippen LogP contribution >= 0.6 is 7.60 Å². The van der Waals surface area contributed by atoms with Gasteiger partial charge in [0.1, 0.15) is 5.82 Å². The molecule has 0 aliphatic carbocycles. The summed E-state index contributed by atoms with van der Waals surface area (Å²) >= 11 is 0. The van der Waals surface area contributed by atoms with Crippen molar-refractivity contribution in [3.05, 3.63) is 35.6 Å². The molecular formula is C22H29FNO11P. The van der Waals surface area contributed by atoms with Crippen LogP contribution in [-0.2, 0) is 28.3 Å². The number of aliphatic carboxylic acids is 3. The Hall–Kier alpha value is -3.15. The minimum atomic E-state index is -4.68. The van der Waals surface area contributed by atoms with Crippen molar-refractivity contribution in [2.24, 2.45) is 17.8 Å². The van der Waals surface area contributed by atoms with Gasteiger partial charge in [0.2, 0.25) is 5.91 Å². The second kappa shape index (κ2) is 13.8. The van der Waals surface area contributed by atoms with Crippen molar-refractivity contribution in [1.29, 1.82) is 0 Å². The minimum Gasteiger partial charge on any atom is -0.481 e. The van der Waals surface area contributed by atoms with Crippen LogP contribution in [0.1, 0.15) is 43.5 Å². The summed E-state index contributed by atoms with van der Waals surface area (Å²) in [5.41, 5.74) is 0.157. The summed E-state index contributed by atoms with van der Waals surface area (Å²) in [5, 5.41) is 29.4. The van der Waals surface area contributed by atoms with Crippen LogP contribution in [-0.4, -0.2) is 68.6 Å². The summed E-state index contributed by atoms with van der Waals surface area (Å²) in [5.74, 6) is -9.25. The fourth-order valence-corrected chi connectivity index (χ4v) is 4.53. The molecule has 0 heterocycles. The molecule has 3 unspecified atom stereocenters. The van der Waals surface area contributed by atoms with Gasteiger partial charge in [-0.3, -0.25) is 23.7 Å². The second-order valence-corrected chi connectivity index (χ2v) is 10.4. The zero-order valence-corrected chi connectivity index (χ0v) is 20.5. The lowest BCUT2D eigenvalue weighted by Crippen LogP contribution is -2.47. The first-order valence-electron chi connectivity index (χ1n) is 10.9. The van der Waals surface area contributed by atoms with Gasteiger partial charge >= 0.3 is 25.5 Å². The number of amides is 1. The first-order valence-corrected chi connectivity index (χ1v) is 12.6. The van der Waals surface area contributed by atoms with Crippen molar-refractivity contribution in [2.75, 3.05) is 12.8 Å². The smallest absolute Gasteiger partial charge is 0.329 e. The molecule has 0 aromatic heterocycles. The van der Waals surface area contributed by atoms with Gasteiger partial charge in [-0.1, -0.05) is 13.8 Å². The highest BCUT2D eigenvalue weighted by molar-refractivity contribution is 7.52. The highest BCUT2D eigenvalue weighted by atomic mass is 31.2. The normalized spacial score (nSPS) is 15.4. The summed E-state index contributed by atoms with van der Waals surface area (Å²) in [6.07, 6.45) is -2.30. The molecule has 1 aromatic rings. The summed E-state index contributed by atoms with van der Waals surface area (Å²) < 4.78 is 30.1. The number of halogens is 1. The van der Waals surface area contributed by atoms with Crippen LogP contribution < -0.4 is 5.32 Å². The summed E-state index contributed by atoms with van der Waals surface area (Å²) in [6, 6.07) is 2.86. The number of hydrogen-bond acceptors (Lipinski definition) is 7. The lowest BCUT2D eigenvalue weighted by Gasteiger charge is -2.23. The molecule has 5 N–H and O–H groups in total. The van der Waals surface area contributed by atoms with Crippen molar-refractivity contribution < 1.29 is 57.7 Å². The third kappa shape index (κ3) is 10.6. The van der Waals surface area contributed by atoms with Crippen molar-refractivity contribution in [2.45, 2.75) is 39.2 Å². The van der Waals surface area contributed by atoms with Gasteiger partial charge in [0.15, 0.2) is 11.8 Å². The van der Waals surface area contributed by atoms with E-state index in [1.54, 1.807) is 13.8 Å². The van der Waals surface area contributed by atoms with Gasteiger partial charge in [-0.2, -0.15) is 0 Å². The molecule has 1 rings (SSSR count). The minimum absolute atomic E-state index is 0.157. The first-order chi connectivity index (χ1) is 16.6. The van der Waals surface area contributed by atoms with Crippen molar-refractivity contribution in [3.8, 4) is 0 Å². The molecule has 0 bridgehead atoms. The molecule has 0 saturated heterocycles. The highest BCUT2D eigenvalue weighted by Gasteiger charge is 2.34. The Morgan fingerprint density at radius 2 is 1.61 bits per heavy atom. The molecule has 200 valence electrons. The van der Waals surface area contributed by atoms with E-state index < -0.39 is 92.4 Å². The van der Waals surface area contributed by atoms with Crippen LogP contribution in [0.3, 0.4) is 0 Å². The van der Waals surface area contributed by atoms with Crippen LogP contribution in [0.4, 0.5) is 4.39 Å². The van der Waals surface area contributed by atoms with E-state index in [1.807, 2.05) is 0 Å². The van der Waals surface area contributed by atoms with Crippen LogP contribution in [0, 0.1) is 23.6 Å². The molecule has 14 heteroatoms. The summed E-state index contributed by atoms with van der Waals surface area (Å²) in [6.45, 7) is 2.26. The van der Waals surface area contributed by atoms with Crippen LogP contribution in [0.25, 0.3) is 0 Å². The Bertz CT molecular complexity index is 1010. The van der Waals surface area contributed by atoms with E-state index in [0.29, 0.717) is 0 Å². The number of nitrogens with one attached hydrogen (secondary N) is 1. The van der Waals surface area contributed by atoms with E-state index >= 15 is 0 Å². The lowest BCUT2D eigenvalue weighted by molar-refractivity contribution is -0.144. The summed E-state index contributed by atoms with van der Waals surface area (Å²) in [7, 11) is -4.68. The Balaban J connectivity index is 2.85. The zero-order valence-electron chi connectivity index (χ0n) is 19.6. The maximum absolute atomic E-state index is 13.1. The van der Waals surface area contributed by atoms with Gasteiger partial charge in [0, 0.05) is 24.3 Å². The number of benzene rings is 1. The van der Waals surface area contributed by atoms with E-state index in [-0.39, 0.29) is 12.0 Å². The third-order valence-electron chi connectivity index (χ3n) is 5.28. The fraction of sp³-hybridized carbons (Fsp3) is 0.500. The number of carboxylic acid groups (broad SMARTS) is 3. The number of carbonyl (C=O) groups is 5. The van der Waals surface area contributed by atoms with Gasteiger partial charge in [-0.05, 0) is 36.6 Å². The van der Waals surface area contributed by atoms with E-state index in [2.05, 4.69) is 5.32 Å². The maximum Gasteiger partial charge on any atom is 0.329 e. The molecule has 0 radical (unpaired) electrons. The molecular weight excluding hydrogens is 504 g/mol. The zero-order chi connectivity index (χ0) is 27.6. The number of Topliss-reactive ketones (excluding diaryl/α,β-unsaturated/α-hetero) is 1. The standard InChI is InChI=1S/C22H29FNO11P/c1-12(2)16(9-18(25)13-3-6-15(23)7-4-13)20(28)24-17(22(31)32)10-35-36(33,34)11-14(21(29)30)5-8-19(26)27/h3-4,6-7,12,14,16-17H,5,8-11H2,1-2H3,(H,24,28)(H,26,27)(H,29,30)(H,31,32)(H,33,34)/t14?,16?,17-/m0/s1. The second-order valence-electron chi connectivity index (χ2n) is 8.47. The summed E-state index contributed by atoms with van der Waals surface area (Å²) in [4.78, 5) is 68.7. The molecule has 12 nitrogen and oxygen atoms in total. The highest BCUT2D eigenvalue weighted by Crippen LogP contribution is 2.44. The van der Waals surface area contributed by atoms with Gasteiger partial charge in [-0.15, -0.1) is 0 Å². The van der Waals surface area contributed by atoms with Crippen LogP contribution in [0.2, 0.25) is 0 Å². The molecule has 1 amide bonds. The molecule has 1 aromatic carbocycles. The Morgan fingerprint density at radius 1 is 1.03 bits per heavy atom. The van der Waals surface area contributed by atoms with Gasteiger partial charge < -0.3 is 30.1 Å². The number of hydrogen-bond donors (Lipinski definition) is 5. The van der Waals surface area contributed by atoms with Gasteiger partial charge in [0.05, 0.1) is 18.7 Å². The quantitative estimate of drug-likeness (QED) is 0.153. The largest absolute Gasteiger partial charge is 0.481 e. The average molecular weight is 533 g/mol. The number of carbonyl (C=O) groups excluding carboxylic acids is 2. The molecule has 0 aliphatic heterocycles. The first kappa shape index (κ1) is 30.9. The number of carboxylic acids is 3. The Morgan fingerprint density at radius 3 is 2.08 bits per heavy atom. The monoisotopic (exact) mass is 533 g/mol. The Labute approximate surface area is 206 Å². The van der Waals surface area contributed by atoms with E-state index in [9.17, 15) is 42.9 Å². The van der Waals surface area contributed by atoms with Crippen molar-refractivity contribution in [1.82, 2.24) is 5.32 Å². The fourth-order valence-electron chi connectivity index (χ4n) is 3.15. The molecule has 0 fully saturated rings. The van der Waals surface area contributed by atoms with E-state index in [4.69, 9.17) is 14.7 Å².